The summed E-state index contributed by atoms with van der Waals surface area (Å²) >= 11 is 0. The Balaban J connectivity index is 1.22. The van der Waals surface area contributed by atoms with Crippen LogP contribution in [-0.4, -0.2) is 43.8 Å². The number of amides is 1. The number of rotatable bonds is 8. The van der Waals surface area contributed by atoms with Crippen molar-refractivity contribution in [3.05, 3.63) is 109 Å². The van der Waals surface area contributed by atoms with Gasteiger partial charge in [-0.15, -0.1) is 0 Å². The first-order valence-electron chi connectivity index (χ1n) is 12.9. The average Bonchev–Trinajstić information content (AvgIpc) is 3.46. The van der Waals surface area contributed by atoms with Crippen molar-refractivity contribution in [3.63, 3.8) is 0 Å². The second-order valence-corrected chi connectivity index (χ2v) is 9.67. The van der Waals surface area contributed by atoms with Crippen molar-refractivity contribution in [2.24, 2.45) is 5.84 Å². The molecule has 3 heterocycles. The lowest BCUT2D eigenvalue weighted by Gasteiger charge is -2.22. The molecule has 4 aromatic rings. The highest BCUT2D eigenvalue weighted by Gasteiger charge is 2.16. The van der Waals surface area contributed by atoms with Crippen molar-refractivity contribution < 1.29 is 13.6 Å². The average molecular weight is 542 g/mol. The van der Waals surface area contributed by atoms with Crippen molar-refractivity contribution in [2.75, 3.05) is 13.1 Å². The minimum atomic E-state index is -0.724. The zero-order chi connectivity index (χ0) is 28.1. The van der Waals surface area contributed by atoms with Gasteiger partial charge in [0.05, 0.1) is 18.8 Å². The van der Waals surface area contributed by atoms with Gasteiger partial charge in [0.1, 0.15) is 11.6 Å². The molecule has 40 heavy (non-hydrogen) atoms. The molecule has 8 nitrogen and oxygen atoms in total. The van der Waals surface area contributed by atoms with Gasteiger partial charge in [0.15, 0.2) is 5.82 Å². The third kappa shape index (κ3) is 6.53. The number of hydrogen-bond donors (Lipinski definition) is 2. The van der Waals surface area contributed by atoms with E-state index in [1.165, 1.54) is 12.2 Å². The summed E-state index contributed by atoms with van der Waals surface area (Å²) < 4.78 is 29.0. The van der Waals surface area contributed by atoms with Crippen LogP contribution in [0.25, 0.3) is 28.1 Å². The summed E-state index contributed by atoms with van der Waals surface area (Å²) in [6.07, 6.45) is 12.1. The number of benzene rings is 2. The Kier molecular flexibility index (Phi) is 8.18. The van der Waals surface area contributed by atoms with E-state index in [0.717, 1.165) is 71.4 Å². The van der Waals surface area contributed by atoms with Crippen molar-refractivity contribution >= 4 is 11.5 Å². The number of piperidine rings is 1. The van der Waals surface area contributed by atoms with E-state index in [4.69, 9.17) is 5.84 Å². The van der Waals surface area contributed by atoms with Gasteiger partial charge in [-0.3, -0.25) is 14.5 Å². The van der Waals surface area contributed by atoms with E-state index in [2.05, 4.69) is 27.0 Å². The Bertz CT molecular complexity index is 1520. The highest BCUT2D eigenvalue weighted by Crippen LogP contribution is 2.24. The predicted octanol–water partition coefficient (Wildman–Crippen LogP) is 4.68. The van der Waals surface area contributed by atoms with Crippen LogP contribution in [0.15, 0.2) is 86.0 Å². The molecule has 1 saturated heterocycles. The first kappa shape index (κ1) is 27.0. The molecule has 1 fully saturated rings. The molecular formula is C30H29F2N7O. The quantitative estimate of drug-likeness (QED) is 0.110. The summed E-state index contributed by atoms with van der Waals surface area (Å²) in [5.74, 6) is 4.60. The highest BCUT2D eigenvalue weighted by atomic mass is 19.1. The molecule has 3 N–H and O–H groups in total. The first-order chi connectivity index (χ1) is 19.4. The lowest BCUT2D eigenvalue weighted by Crippen LogP contribution is -2.35. The Morgan fingerprint density at radius 1 is 1.02 bits per heavy atom. The summed E-state index contributed by atoms with van der Waals surface area (Å²) in [7, 11) is 0. The summed E-state index contributed by atoms with van der Waals surface area (Å²) in [6, 6.07) is 10.9. The SMILES string of the molecule is C=C(/C=C\C(=O)N(N)Cc1cccc(-c2ncc(-c3cnn(C4CCNCC4)c3)cn2)c1)c1cc(F)cc(F)c1. The Morgan fingerprint density at radius 3 is 2.48 bits per heavy atom. The maximum Gasteiger partial charge on any atom is 0.260 e. The third-order valence-electron chi connectivity index (χ3n) is 6.75. The number of carbonyl (C=O) groups is 1. The smallest absolute Gasteiger partial charge is 0.260 e. The third-order valence-corrected chi connectivity index (χ3v) is 6.75. The molecule has 10 heteroatoms. The van der Waals surface area contributed by atoms with Crippen LogP contribution < -0.4 is 11.2 Å². The summed E-state index contributed by atoms with van der Waals surface area (Å²) in [5.41, 5.74) is 3.93. The lowest BCUT2D eigenvalue weighted by atomic mass is 10.1. The van der Waals surface area contributed by atoms with Crippen LogP contribution in [0.1, 0.15) is 30.0 Å². The molecule has 0 bridgehead atoms. The number of halogens is 2. The molecule has 0 aliphatic carbocycles. The van der Waals surface area contributed by atoms with Crippen LogP contribution in [0.5, 0.6) is 0 Å². The van der Waals surface area contributed by atoms with Gasteiger partial charge in [-0.2, -0.15) is 5.10 Å². The van der Waals surface area contributed by atoms with Crippen molar-refractivity contribution in [1.29, 1.82) is 0 Å². The molecule has 2 aromatic heterocycles. The molecule has 0 unspecified atom stereocenters. The topological polar surface area (TPSA) is 102 Å². The van der Waals surface area contributed by atoms with E-state index >= 15 is 0 Å². The number of hydrogen-bond acceptors (Lipinski definition) is 6. The Hall–Kier alpha value is -4.54. The van der Waals surface area contributed by atoms with E-state index in [1.807, 2.05) is 41.3 Å². The fourth-order valence-electron chi connectivity index (χ4n) is 4.57. The molecule has 0 atom stereocenters. The maximum atomic E-state index is 13.5. The van der Waals surface area contributed by atoms with E-state index < -0.39 is 17.5 Å². The van der Waals surface area contributed by atoms with E-state index in [1.54, 1.807) is 12.4 Å². The molecule has 0 saturated carbocycles. The van der Waals surface area contributed by atoms with Crippen molar-refractivity contribution in [1.82, 2.24) is 30.1 Å². The van der Waals surface area contributed by atoms with Crippen molar-refractivity contribution in [3.8, 4) is 22.5 Å². The number of nitrogens with one attached hydrogen (secondary N) is 1. The maximum absolute atomic E-state index is 13.5. The van der Waals surface area contributed by atoms with Crippen LogP contribution in [-0.2, 0) is 11.3 Å². The molecule has 0 radical (unpaired) electrons. The van der Waals surface area contributed by atoms with Gasteiger partial charge in [-0.05, 0) is 66.9 Å². The predicted molar refractivity (Wildman–Crippen MR) is 149 cm³/mol. The molecule has 1 aliphatic rings. The van der Waals surface area contributed by atoms with E-state index in [0.29, 0.717) is 11.9 Å². The first-order valence-corrected chi connectivity index (χ1v) is 12.9. The number of nitrogens with two attached hydrogens (primary N) is 1. The largest absolute Gasteiger partial charge is 0.317 e. The molecule has 5 rings (SSSR count). The highest BCUT2D eigenvalue weighted by molar-refractivity contribution is 5.90. The van der Waals surface area contributed by atoms with Crippen LogP contribution in [0.2, 0.25) is 0 Å². The van der Waals surface area contributed by atoms with E-state index in [9.17, 15) is 13.6 Å². The van der Waals surface area contributed by atoms with Crippen molar-refractivity contribution in [2.45, 2.75) is 25.4 Å². The molecular weight excluding hydrogens is 512 g/mol. The van der Waals surface area contributed by atoms with Crippen LogP contribution in [0.3, 0.4) is 0 Å². The fraction of sp³-hybridized carbons (Fsp3) is 0.200. The van der Waals surface area contributed by atoms with Gasteiger partial charge in [0.25, 0.3) is 5.91 Å². The summed E-state index contributed by atoms with van der Waals surface area (Å²) in [6.45, 7) is 5.89. The van der Waals surface area contributed by atoms with Gasteiger partial charge >= 0.3 is 0 Å². The van der Waals surface area contributed by atoms with Crippen LogP contribution in [0.4, 0.5) is 8.78 Å². The van der Waals surface area contributed by atoms with Gasteiger partial charge in [0, 0.05) is 47.4 Å². The Labute approximate surface area is 230 Å². The molecule has 1 aliphatic heterocycles. The standard InChI is InChI=1S/C30H29F2N7O/c1-20(23-12-26(31)14-27(32)13-23)5-6-29(40)38(33)18-21-3-2-4-22(11-21)30-35-15-24(16-36-30)25-17-37-39(19-25)28-7-9-34-10-8-28/h2-6,11-17,19,28,34H,1,7-10,18,33H2/b6-5-. The summed E-state index contributed by atoms with van der Waals surface area (Å²) in [4.78, 5) is 21.6. The lowest BCUT2D eigenvalue weighted by molar-refractivity contribution is -0.126. The number of allylic oxidation sites excluding steroid dienone is 2. The van der Waals surface area contributed by atoms with Gasteiger partial charge in [-0.25, -0.2) is 24.6 Å². The fourth-order valence-corrected chi connectivity index (χ4v) is 4.57. The zero-order valence-corrected chi connectivity index (χ0v) is 21.8. The van der Waals surface area contributed by atoms with Gasteiger partial charge in [-0.1, -0.05) is 24.8 Å². The molecule has 1 amide bonds. The number of hydrazine groups is 1. The minimum Gasteiger partial charge on any atom is -0.317 e. The molecule has 204 valence electrons. The molecule has 2 aromatic carbocycles. The second kappa shape index (κ2) is 12.1. The minimum absolute atomic E-state index is 0.131. The van der Waals surface area contributed by atoms with Crippen LogP contribution >= 0.6 is 0 Å². The second-order valence-electron chi connectivity index (χ2n) is 9.67. The van der Waals surface area contributed by atoms with E-state index in [-0.39, 0.29) is 17.7 Å². The van der Waals surface area contributed by atoms with Gasteiger partial charge < -0.3 is 5.32 Å². The monoisotopic (exact) mass is 541 g/mol. The molecule has 0 spiro atoms. The number of nitrogens with zero attached hydrogens (tertiary/aromatic N) is 5. The number of aromatic nitrogens is 4. The normalized spacial score (nSPS) is 14.0. The Morgan fingerprint density at radius 2 is 1.75 bits per heavy atom. The zero-order valence-electron chi connectivity index (χ0n) is 21.8. The van der Waals surface area contributed by atoms with Crippen LogP contribution in [0, 0.1) is 11.6 Å². The summed E-state index contributed by atoms with van der Waals surface area (Å²) in [5, 5.41) is 8.95. The number of carbonyl (C=O) groups excluding carboxylic acids is 1. The van der Waals surface area contributed by atoms with Gasteiger partial charge in [0.2, 0.25) is 0 Å².